The first-order valence-corrected chi connectivity index (χ1v) is 8.00. The first-order valence-electron chi connectivity index (χ1n) is 8.00. The number of alkyl halides is 1. The molecule has 0 saturated heterocycles. The minimum absolute atomic E-state index is 0.456. The van der Waals surface area contributed by atoms with Gasteiger partial charge < -0.3 is 0 Å². The lowest BCUT2D eigenvalue weighted by Gasteiger charge is -2.07. The van der Waals surface area contributed by atoms with Crippen LogP contribution in [0.1, 0.15) is 18.1 Å². The van der Waals surface area contributed by atoms with Crippen LogP contribution in [0.5, 0.6) is 0 Å². The van der Waals surface area contributed by atoms with Crippen molar-refractivity contribution < 1.29 is 4.39 Å². The van der Waals surface area contributed by atoms with E-state index >= 15 is 0 Å². The quantitative estimate of drug-likeness (QED) is 0.597. The third-order valence-corrected chi connectivity index (χ3v) is 4.04. The molecule has 3 rings (SSSR count). The molecule has 0 amide bonds. The SMILES string of the molecule is CC(F)Cc1ccc(-c2ccc(-c3ccc(C#N)cc3)cc2)cc1. The largest absolute Gasteiger partial charge is 0.247 e. The predicted molar refractivity (Wildman–Crippen MR) is 96.3 cm³/mol. The van der Waals surface area contributed by atoms with Gasteiger partial charge in [-0.2, -0.15) is 5.26 Å². The number of benzene rings is 3. The summed E-state index contributed by atoms with van der Waals surface area (Å²) < 4.78 is 13.0. The van der Waals surface area contributed by atoms with Gasteiger partial charge in [0.15, 0.2) is 0 Å². The van der Waals surface area contributed by atoms with E-state index in [-0.39, 0.29) is 0 Å². The smallest absolute Gasteiger partial charge is 0.101 e. The summed E-state index contributed by atoms with van der Waals surface area (Å²) in [6.07, 6.45) is -0.361. The van der Waals surface area contributed by atoms with Gasteiger partial charge in [-0.25, -0.2) is 4.39 Å². The summed E-state index contributed by atoms with van der Waals surface area (Å²) >= 11 is 0. The highest BCUT2D eigenvalue weighted by Crippen LogP contribution is 2.25. The van der Waals surface area contributed by atoms with E-state index in [1.54, 1.807) is 6.92 Å². The molecule has 0 aliphatic rings. The van der Waals surface area contributed by atoms with Gasteiger partial charge in [-0.1, -0.05) is 60.7 Å². The van der Waals surface area contributed by atoms with Gasteiger partial charge in [0.1, 0.15) is 6.17 Å². The fourth-order valence-electron chi connectivity index (χ4n) is 2.75. The minimum Gasteiger partial charge on any atom is -0.247 e. The van der Waals surface area contributed by atoms with E-state index in [9.17, 15) is 4.39 Å². The van der Waals surface area contributed by atoms with Crippen LogP contribution in [-0.4, -0.2) is 6.17 Å². The van der Waals surface area contributed by atoms with E-state index in [4.69, 9.17) is 5.26 Å². The van der Waals surface area contributed by atoms with Gasteiger partial charge in [0, 0.05) is 6.42 Å². The van der Waals surface area contributed by atoms with Gasteiger partial charge in [-0.3, -0.25) is 0 Å². The van der Waals surface area contributed by atoms with E-state index in [1.165, 1.54) is 0 Å². The normalized spacial score (nSPS) is 11.7. The summed E-state index contributed by atoms with van der Waals surface area (Å²) in [4.78, 5) is 0. The molecule has 0 aliphatic carbocycles. The standard InChI is InChI=1S/C22H18FN/c1-16(23)14-17-2-6-19(7-3-17)21-10-12-22(13-11-21)20-8-4-18(15-24)5-9-20/h2-13,16H,14H2,1H3. The van der Waals surface area contributed by atoms with Gasteiger partial charge in [0.25, 0.3) is 0 Å². The molecule has 0 heterocycles. The van der Waals surface area contributed by atoms with E-state index < -0.39 is 6.17 Å². The Bertz CT molecular complexity index is 838. The maximum absolute atomic E-state index is 13.0. The highest BCUT2D eigenvalue weighted by molar-refractivity contribution is 5.70. The molecule has 0 spiro atoms. The lowest BCUT2D eigenvalue weighted by molar-refractivity contribution is 0.360. The van der Waals surface area contributed by atoms with E-state index in [1.807, 2.05) is 48.5 Å². The Labute approximate surface area is 142 Å². The fourth-order valence-corrected chi connectivity index (χ4v) is 2.75. The second kappa shape index (κ2) is 7.10. The highest BCUT2D eigenvalue weighted by Gasteiger charge is 2.03. The fraction of sp³-hybridized carbons (Fsp3) is 0.136. The number of halogens is 1. The van der Waals surface area contributed by atoms with Crippen molar-refractivity contribution in [3.05, 3.63) is 83.9 Å². The minimum atomic E-state index is -0.817. The molecule has 0 fully saturated rings. The summed E-state index contributed by atoms with van der Waals surface area (Å²) in [5.74, 6) is 0. The van der Waals surface area contributed by atoms with Gasteiger partial charge in [0.2, 0.25) is 0 Å². The molecule has 0 aromatic heterocycles. The molecule has 118 valence electrons. The molecular weight excluding hydrogens is 297 g/mol. The van der Waals surface area contributed by atoms with E-state index in [0.29, 0.717) is 12.0 Å². The first-order chi connectivity index (χ1) is 11.7. The number of hydrogen-bond donors (Lipinski definition) is 0. The first kappa shape index (κ1) is 16.0. The highest BCUT2D eigenvalue weighted by atomic mass is 19.1. The molecule has 0 radical (unpaired) electrons. The van der Waals surface area contributed by atoms with Crippen LogP contribution < -0.4 is 0 Å². The van der Waals surface area contributed by atoms with Crippen molar-refractivity contribution in [1.82, 2.24) is 0 Å². The van der Waals surface area contributed by atoms with Crippen molar-refractivity contribution in [2.45, 2.75) is 19.5 Å². The van der Waals surface area contributed by atoms with Crippen LogP contribution >= 0.6 is 0 Å². The zero-order valence-corrected chi connectivity index (χ0v) is 13.5. The summed E-state index contributed by atoms with van der Waals surface area (Å²) in [5.41, 5.74) is 6.14. The second-order valence-corrected chi connectivity index (χ2v) is 5.95. The van der Waals surface area contributed by atoms with Gasteiger partial charge >= 0.3 is 0 Å². The molecular formula is C22H18FN. The Morgan fingerprint density at radius 3 is 1.50 bits per heavy atom. The summed E-state index contributed by atoms with van der Waals surface area (Å²) in [7, 11) is 0. The van der Waals surface area contributed by atoms with Gasteiger partial charge in [-0.15, -0.1) is 0 Å². The van der Waals surface area contributed by atoms with Crippen LogP contribution in [0.4, 0.5) is 4.39 Å². The van der Waals surface area contributed by atoms with Crippen LogP contribution in [0.15, 0.2) is 72.8 Å². The Kier molecular flexibility index (Phi) is 4.72. The molecule has 3 aromatic carbocycles. The topological polar surface area (TPSA) is 23.8 Å². The lowest BCUT2D eigenvalue weighted by atomic mass is 9.98. The third kappa shape index (κ3) is 3.70. The van der Waals surface area contributed by atoms with Crippen molar-refractivity contribution in [2.75, 3.05) is 0 Å². The van der Waals surface area contributed by atoms with Crippen LogP contribution in [-0.2, 0) is 6.42 Å². The Balaban J connectivity index is 1.79. The summed E-state index contributed by atoms with van der Waals surface area (Å²) in [6, 6.07) is 26.1. The summed E-state index contributed by atoms with van der Waals surface area (Å²) in [5, 5.41) is 8.86. The zero-order valence-electron chi connectivity index (χ0n) is 13.5. The van der Waals surface area contributed by atoms with Crippen LogP contribution in [0.25, 0.3) is 22.3 Å². The molecule has 0 saturated carbocycles. The van der Waals surface area contributed by atoms with Crippen molar-refractivity contribution in [2.24, 2.45) is 0 Å². The number of hydrogen-bond acceptors (Lipinski definition) is 1. The van der Waals surface area contributed by atoms with Crippen LogP contribution in [0.2, 0.25) is 0 Å². The average molecular weight is 315 g/mol. The second-order valence-electron chi connectivity index (χ2n) is 5.95. The Morgan fingerprint density at radius 1 is 0.750 bits per heavy atom. The third-order valence-electron chi connectivity index (χ3n) is 4.04. The molecule has 3 aromatic rings. The van der Waals surface area contributed by atoms with Crippen molar-refractivity contribution in [3.63, 3.8) is 0 Å². The number of nitriles is 1. The molecule has 0 aliphatic heterocycles. The maximum atomic E-state index is 13.0. The van der Waals surface area contributed by atoms with Gasteiger partial charge in [0.05, 0.1) is 11.6 Å². The predicted octanol–water partition coefficient (Wildman–Crippen LogP) is 5.79. The lowest BCUT2D eigenvalue weighted by Crippen LogP contribution is -1.97. The monoisotopic (exact) mass is 315 g/mol. The molecule has 1 unspecified atom stereocenters. The molecule has 0 bridgehead atoms. The van der Waals surface area contributed by atoms with Crippen LogP contribution in [0, 0.1) is 11.3 Å². The molecule has 24 heavy (non-hydrogen) atoms. The number of rotatable bonds is 4. The van der Waals surface area contributed by atoms with E-state index in [2.05, 4.69) is 30.3 Å². The maximum Gasteiger partial charge on any atom is 0.101 e. The zero-order chi connectivity index (χ0) is 16.9. The van der Waals surface area contributed by atoms with Crippen molar-refractivity contribution in [3.8, 4) is 28.3 Å². The molecule has 2 heteroatoms. The Hall–Kier alpha value is -2.92. The number of nitrogens with zero attached hydrogens (tertiary/aromatic N) is 1. The Morgan fingerprint density at radius 2 is 1.12 bits per heavy atom. The molecule has 1 nitrogen and oxygen atoms in total. The average Bonchev–Trinajstić information content (AvgIpc) is 2.62. The summed E-state index contributed by atoms with van der Waals surface area (Å²) in [6.45, 7) is 1.58. The van der Waals surface area contributed by atoms with Gasteiger partial charge in [-0.05, 0) is 46.9 Å². The van der Waals surface area contributed by atoms with Crippen molar-refractivity contribution >= 4 is 0 Å². The van der Waals surface area contributed by atoms with E-state index in [0.717, 1.165) is 27.8 Å². The van der Waals surface area contributed by atoms with Crippen LogP contribution in [0.3, 0.4) is 0 Å². The van der Waals surface area contributed by atoms with Crippen molar-refractivity contribution in [1.29, 1.82) is 5.26 Å². The molecule has 1 atom stereocenters. The molecule has 0 N–H and O–H groups in total.